The zero-order valence-electron chi connectivity index (χ0n) is 15.0. The maximum atomic E-state index is 12.3. The highest BCUT2D eigenvalue weighted by atomic mass is 16.5. The number of esters is 1. The van der Waals surface area contributed by atoms with Gasteiger partial charge in [0.25, 0.3) is 5.91 Å². The molecule has 0 bridgehead atoms. The van der Waals surface area contributed by atoms with Crippen LogP contribution in [0.3, 0.4) is 0 Å². The quantitative estimate of drug-likeness (QED) is 0.777. The van der Waals surface area contributed by atoms with Crippen LogP contribution in [0.5, 0.6) is 0 Å². The molecule has 0 aromatic heterocycles. The Kier molecular flexibility index (Phi) is 5.84. The minimum Gasteiger partial charge on any atom is -0.455 e. The van der Waals surface area contributed by atoms with E-state index in [9.17, 15) is 9.59 Å². The molecule has 4 heteroatoms. The Bertz CT molecular complexity index is 794. The Labute approximate surface area is 154 Å². The number of carbonyl (C=O) groups excluding carboxylic acids is 2. The van der Waals surface area contributed by atoms with Crippen molar-refractivity contribution >= 4 is 17.4 Å². The first kappa shape index (κ1) is 17.9. The lowest BCUT2D eigenvalue weighted by molar-refractivity contribution is -0.151. The summed E-state index contributed by atoms with van der Waals surface area (Å²) in [7, 11) is 0. The molecule has 0 saturated carbocycles. The molecule has 1 aliphatic rings. The molecular formula is C22H23NO3. The molecule has 26 heavy (non-hydrogen) atoms. The Balaban J connectivity index is 1.46. The SMILES string of the molecule is Cc1ccc(CC(=O)OCC(=O)N2CC=C(c3ccccc3)CC2)cc1. The van der Waals surface area contributed by atoms with Crippen LogP contribution in [0.2, 0.25) is 0 Å². The van der Waals surface area contributed by atoms with Crippen molar-refractivity contribution in [1.29, 1.82) is 0 Å². The number of amides is 1. The smallest absolute Gasteiger partial charge is 0.310 e. The van der Waals surface area contributed by atoms with E-state index in [0.717, 1.165) is 17.5 Å². The molecule has 0 radical (unpaired) electrons. The van der Waals surface area contributed by atoms with Crippen LogP contribution in [-0.4, -0.2) is 36.5 Å². The fourth-order valence-corrected chi connectivity index (χ4v) is 2.97. The van der Waals surface area contributed by atoms with Gasteiger partial charge in [0.05, 0.1) is 6.42 Å². The normalized spacial score (nSPS) is 13.9. The first-order chi connectivity index (χ1) is 12.6. The fourth-order valence-electron chi connectivity index (χ4n) is 2.97. The van der Waals surface area contributed by atoms with Crippen LogP contribution >= 0.6 is 0 Å². The number of rotatable bonds is 5. The lowest BCUT2D eigenvalue weighted by Gasteiger charge is -2.26. The predicted molar refractivity (Wildman–Crippen MR) is 101 cm³/mol. The molecule has 4 nitrogen and oxygen atoms in total. The van der Waals surface area contributed by atoms with E-state index in [4.69, 9.17) is 4.74 Å². The van der Waals surface area contributed by atoms with Crippen LogP contribution in [0, 0.1) is 6.92 Å². The molecule has 0 atom stereocenters. The molecule has 0 aliphatic carbocycles. The summed E-state index contributed by atoms with van der Waals surface area (Å²) in [6.07, 6.45) is 3.07. The van der Waals surface area contributed by atoms with Crippen molar-refractivity contribution in [2.75, 3.05) is 19.7 Å². The van der Waals surface area contributed by atoms with Gasteiger partial charge in [0, 0.05) is 13.1 Å². The van der Waals surface area contributed by atoms with Crippen molar-refractivity contribution in [3.05, 3.63) is 77.4 Å². The first-order valence-electron chi connectivity index (χ1n) is 8.85. The molecule has 0 spiro atoms. The fraction of sp³-hybridized carbons (Fsp3) is 0.273. The molecule has 0 saturated heterocycles. The molecule has 0 unspecified atom stereocenters. The van der Waals surface area contributed by atoms with Crippen molar-refractivity contribution in [3.63, 3.8) is 0 Å². The molecule has 1 aliphatic heterocycles. The van der Waals surface area contributed by atoms with Gasteiger partial charge in [0.15, 0.2) is 6.61 Å². The predicted octanol–water partition coefficient (Wildman–Crippen LogP) is 3.40. The van der Waals surface area contributed by atoms with Gasteiger partial charge in [-0.1, -0.05) is 66.2 Å². The van der Waals surface area contributed by atoms with Crippen molar-refractivity contribution in [1.82, 2.24) is 4.90 Å². The van der Waals surface area contributed by atoms with Crippen LogP contribution in [0.15, 0.2) is 60.7 Å². The number of carbonyl (C=O) groups is 2. The van der Waals surface area contributed by atoms with E-state index in [2.05, 4.69) is 18.2 Å². The highest BCUT2D eigenvalue weighted by Gasteiger charge is 2.19. The number of aryl methyl sites for hydroxylation is 1. The second kappa shape index (κ2) is 8.48. The summed E-state index contributed by atoms with van der Waals surface area (Å²) in [5, 5.41) is 0. The average Bonchev–Trinajstić information content (AvgIpc) is 2.69. The molecule has 0 N–H and O–H groups in total. The summed E-state index contributed by atoms with van der Waals surface area (Å²) in [5.74, 6) is -0.523. The van der Waals surface area contributed by atoms with E-state index in [1.54, 1.807) is 4.90 Å². The van der Waals surface area contributed by atoms with Crippen LogP contribution in [-0.2, 0) is 20.7 Å². The Morgan fingerprint density at radius 2 is 1.77 bits per heavy atom. The third-order valence-corrected chi connectivity index (χ3v) is 4.53. The summed E-state index contributed by atoms with van der Waals surface area (Å²) in [6.45, 7) is 3.00. The molecule has 3 rings (SSSR count). The van der Waals surface area contributed by atoms with E-state index < -0.39 is 0 Å². The summed E-state index contributed by atoms with van der Waals surface area (Å²) >= 11 is 0. The summed E-state index contributed by atoms with van der Waals surface area (Å²) in [5.41, 5.74) is 4.49. The molecule has 0 fully saturated rings. The highest BCUT2D eigenvalue weighted by molar-refractivity contribution is 5.82. The first-order valence-corrected chi connectivity index (χ1v) is 8.85. The number of hydrogen-bond acceptors (Lipinski definition) is 3. The summed E-state index contributed by atoms with van der Waals surface area (Å²) in [4.78, 5) is 25.9. The maximum absolute atomic E-state index is 12.3. The Morgan fingerprint density at radius 3 is 2.42 bits per heavy atom. The van der Waals surface area contributed by atoms with Gasteiger partial charge in [-0.05, 0) is 30.0 Å². The van der Waals surface area contributed by atoms with E-state index in [1.807, 2.05) is 49.4 Å². The topological polar surface area (TPSA) is 46.6 Å². The third kappa shape index (κ3) is 4.82. The minimum atomic E-state index is -0.375. The molecular weight excluding hydrogens is 326 g/mol. The summed E-state index contributed by atoms with van der Waals surface area (Å²) < 4.78 is 5.15. The van der Waals surface area contributed by atoms with Gasteiger partial charge < -0.3 is 9.64 Å². The zero-order chi connectivity index (χ0) is 18.4. The van der Waals surface area contributed by atoms with Crippen LogP contribution in [0.4, 0.5) is 0 Å². The highest BCUT2D eigenvalue weighted by Crippen LogP contribution is 2.21. The number of hydrogen-bond donors (Lipinski definition) is 0. The lowest BCUT2D eigenvalue weighted by atomic mass is 10.00. The third-order valence-electron chi connectivity index (χ3n) is 4.53. The van der Waals surface area contributed by atoms with Gasteiger partial charge in [-0.15, -0.1) is 0 Å². The largest absolute Gasteiger partial charge is 0.455 e. The Hall–Kier alpha value is -2.88. The number of benzene rings is 2. The van der Waals surface area contributed by atoms with Gasteiger partial charge >= 0.3 is 5.97 Å². The van der Waals surface area contributed by atoms with Crippen molar-refractivity contribution < 1.29 is 14.3 Å². The van der Waals surface area contributed by atoms with E-state index >= 15 is 0 Å². The molecule has 1 amide bonds. The van der Waals surface area contributed by atoms with Crippen molar-refractivity contribution in [2.45, 2.75) is 19.8 Å². The van der Waals surface area contributed by atoms with Crippen LogP contribution < -0.4 is 0 Å². The summed E-state index contributed by atoms with van der Waals surface area (Å²) in [6, 6.07) is 17.9. The van der Waals surface area contributed by atoms with Gasteiger partial charge in [-0.3, -0.25) is 9.59 Å². The Morgan fingerprint density at radius 1 is 1.04 bits per heavy atom. The van der Waals surface area contributed by atoms with E-state index in [0.29, 0.717) is 13.1 Å². The van der Waals surface area contributed by atoms with Gasteiger partial charge in [-0.2, -0.15) is 0 Å². The minimum absolute atomic E-state index is 0.148. The van der Waals surface area contributed by atoms with E-state index in [-0.39, 0.29) is 24.9 Å². The van der Waals surface area contributed by atoms with Gasteiger partial charge in [0.2, 0.25) is 0 Å². The molecule has 1 heterocycles. The van der Waals surface area contributed by atoms with Crippen LogP contribution in [0.1, 0.15) is 23.1 Å². The number of ether oxygens (including phenoxy) is 1. The standard InChI is InChI=1S/C22H23NO3/c1-17-7-9-18(10-8-17)15-22(25)26-16-21(24)23-13-11-20(12-14-23)19-5-3-2-4-6-19/h2-11H,12-16H2,1H3. The second-order valence-corrected chi connectivity index (χ2v) is 6.51. The second-order valence-electron chi connectivity index (χ2n) is 6.51. The molecule has 134 valence electrons. The number of nitrogens with zero attached hydrogens (tertiary/aromatic N) is 1. The molecule has 2 aromatic carbocycles. The van der Waals surface area contributed by atoms with Crippen LogP contribution in [0.25, 0.3) is 5.57 Å². The van der Waals surface area contributed by atoms with Gasteiger partial charge in [-0.25, -0.2) is 0 Å². The van der Waals surface area contributed by atoms with Crippen molar-refractivity contribution in [3.8, 4) is 0 Å². The maximum Gasteiger partial charge on any atom is 0.310 e. The molecule has 2 aromatic rings. The van der Waals surface area contributed by atoms with E-state index in [1.165, 1.54) is 11.1 Å². The lowest BCUT2D eigenvalue weighted by Crippen LogP contribution is -2.37. The van der Waals surface area contributed by atoms with Crippen molar-refractivity contribution in [2.24, 2.45) is 0 Å². The van der Waals surface area contributed by atoms with Gasteiger partial charge in [0.1, 0.15) is 0 Å². The zero-order valence-corrected chi connectivity index (χ0v) is 15.0. The monoisotopic (exact) mass is 349 g/mol. The average molecular weight is 349 g/mol.